The van der Waals surface area contributed by atoms with Gasteiger partial charge in [0.15, 0.2) is 0 Å². The van der Waals surface area contributed by atoms with E-state index in [1.165, 1.54) is 65.7 Å². The molecule has 0 atom stereocenters. The van der Waals surface area contributed by atoms with Crippen LogP contribution in [0.3, 0.4) is 0 Å². The summed E-state index contributed by atoms with van der Waals surface area (Å²) >= 11 is 0. The number of hydrogen-bond acceptors (Lipinski definition) is 2. The molecular formula is C54H32O2. The van der Waals surface area contributed by atoms with E-state index in [9.17, 15) is 0 Å². The standard InChI is InChI=1S/C54H32O2/c1-2-12-33(13-3-1)34-26-27-36-31-37(29-28-35(36)30-34)52-42-18-8-16-38(40-20-10-24-50-53(40)44-14-4-6-22-48(44)55-50)46(42)32-47-39(17-9-19-43(47)52)41-21-11-25-51-54(41)45-15-5-7-23-49(45)56-51/h1-32H. The zero-order valence-corrected chi connectivity index (χ0v) is 30.3. The fourth-order valence-corrected chi connectivity index (χ4v) is 9.16. The third-order valence-electron chi connectivity index (χ3n) is 11.7. The Kier molecular flexibility index (Phi) is 6.66. The third-order valence-corrected chi connectivity index (χ3v) is 11.7. The van der Waals surface area contributed by atoms with Gasteiger partial charge in [0.25, 0.3) is 0 Å². The lowest BCUT2D eigenvalue weighted by Gasteiger charge is -2.18. The van der Waals surface area contributed by atoms with E-state index in [2.05, 4.69) is 182 Å². The van der Waals surface area contributed by atoms with Crippen molar-refractivity contribution in [2.75, 3.05) is 0 Å². The minimum atomic E-state index is 0.894. The van der Waals surface area contributed by atoms with Gasteiger partial charge < -0.3 is 8.83 Å². The first-order valence-corrected chi connectivity index (χ1v) is 19.2. The van der Waals surface area contributed by atoms with Crippen molar-refractivity contribution in [3.05, 3.63) is 194 Å². The highest BCUT2D eigenvalue weighted by atomic mass is 16.3. The summed E-state index contributed by atoms with van der Waals surface area (Å²) < 4.78 is 12.8. The zero-order chi connectivity index (χ0) is 36.7. The molecule has 0 fully saturated rings. The van der Waals surface area contributed by atoms with Crippen molar-refractivity contribution in [2.24, 2.45) is 0 Å². The second kappa shape index (κ2) is 12.0. The molecule has 0 radical (unpaired) electrons. The van der Waals surface area contributed by atoms with Crippen molar-refractivity contribution in [1.29, 1.82) is 0 Å². The molecule has 2 aromatic heterocycles. The van der Waals surface area contributed by atoms with E-state index in [0.717, 1.165) is 55.0 Å². The van der Waals surface area contributed by atoms with Crippen LogP contribution in [0.15, 0.2) is 203 Å². The second-order valence-corrected chi connectivity index (χ2v) is 14.7. The SMILES string of the molecule is c1ccc(-c2ccc3cc(-c4c5cccc(-c6cccc7oc8ccccc8c67)c5cc5c(-c6cccc7oc8ccccc8c67)cccc45)ccc3c2)cc1. The van der Waals surface area contributed by atoms with Gasteiger partial charge in [-0.3, -0.25) is 0 Å². The molecule has 0 unspecified atom stereocenters. The fourth-order valence-electron chi connectivity index (χ4n) is 9.16. The Morgan fingerprint density at radius 2 is 0.696 bits per heavy atom. The summed E-state index contributed by atoms with van der Waals surface area (Å²) in [5.41, 5.74) is 13.1. The topological polar surface area (TPSA) is 26.3 Å². The van der Waals surface area contributed by atoms with Crippen LogP contribution < -0.4 is 0 Å². The first-order chi connectivity index (χ1) is 27.8. The molecule has 0 aliphatic carbocycles. The average molecular weight is 713 g/mol. The van der Waals surface area contributed by atoms with Crippen molar-refractivity contribution in [2.45, 2.75) is 0 Å². The average Bonchev–Trinajstić information content (AvgIpc) is 3.84. The smallest absolute Gasteiger partial charge is 0.136 e. The molecule has 2 heterocycles. The molecule has 260 valence electrons. The summed E-state index contributed by atoms with van der Waals surface area (Å²) in [6, 6.07) is 70.0. The summed E-state index contributed by atoms with van der Waals surface area (Å²) in [7, 11) is 0. The summed E-state index contributed by atoms with van der Waals surface area (Å²) in [4.78, 5) is 0. The first kappa shape index (κ1) is 31.0. The summed E-state index contributed by atoms with van der Waals surface area (Å²) in [6.45, 7) is 0. The van der Waals surface area contributed by atoms with Crippen molar-refractivity contribution in [1.82, 2.24) is 0 Å². The molecule has 0 amide bonds. The van der Waals surface area contributed by atoms with Crippen LogP contribution in [-0.4, -0.2) is 0 Å². The Morgan fingerprint density at radius 3 is 1.29 bits per heavy atom. The Balaban J connectivity index is 1.18. The number of rotatable bonds is 4. The molecule has 12 rings (SSSR count). The third kappa shape index (κ3) is 4.63. The highest BCUT2D eigenvalue weighted by Gasteiger charge is 2.20. The van der Waals surface area contributed by atoms with Gasteiger partial charge in [0.2, 0.25) is 0 Å². The van der Waals surface area contributed by atoms with Crippen LogP contribution >= 0.6 is 0 Å². The normalized spacial score (nSPS) is 11.9. The van der Waals surface area contributed by atoms with Gasteiger partial charge in [-0.15, -0.1) is 0 Å². The molecule has 10 aromatic carbocycles. The maximum Gasteiger partial charge on any atom is 0.136 e. The highest BCUT2D eigenvalue weighted by Crippen LogP contribution is 2.47. The molecule has 0 bridgehead atoms. The van der Waals surface area contributed by atoms with Crippen molar-refractivity contribution in [3.63, 3.8) is 0 Å². The number of hydrogen-bond donors (Lipinski definition) is 0. The molecule has 0 aliphatic rings. The molecular weight excluding hydrogens is 681 g/mol. The quantitative estimate of drug-likeness (QED) is 0.170. The Hall–Kier alpha value is -7.42. The summed E-state index contributed by atoms with van der Waals surface area (Å²) in [5, 5.41) is 11.8. The molecule has 12 aromatic rings. The first-order valence-electron chi connectivity index (χ1n) is 19.2. The summed E-state index contributed by atoms with van der Waals surface area (Å²) in [6.07, 6.45) is 0. The van der Waals surface area contributed by atoms with Crippen LogP contribution in [-0.2, 0) is 0 Å². The van der Waals surface area contributed by atoms with Gasteiger partial charge in [-0.25, -0.2) is 0 Å². The van der Waals surface area contributed by atoms with Gasteiger partial charge in [-0.2, -0.15) is 0 Å². The highest BCUT2D eigenvalue weighted by molar-refractivity contribution is 6.24. The van der Waals surface area contributed by atoms with Crippen LogP contribution in [0.25, 0.3) is 121 Å². The van der Waals surface area contributed by atoms with E-state index in [-0.39, 0.29) is 0 Å². The van der Waals surface area contributed by atoms with Gasteiger partial charge in [-0.1, -0.05) is 152 Å². The van der Waals surface area contributed by atoms with Crippen LogP contribution in [0, 0.1) is 0 Å². The maximum absolute atomic E-state index is 6.40. The zero-order valence-electron chi connectivity index (χ0n) is 30.3. The van der Waals surface area contributed by atoms with Crippen molar-refractivity contribution < 1.29 is 8.83 Å². The molecule has 0 saturated carbocycles. The van der Waals surface area contributed by atoms with Gasteiger partial charge in [0.1, 0.15) is 22.3 Å². The van der Waals surface area contributed by atoms with Crippen LogP contribution in [0.5, 0.6) is 0 Å². The lowest BCUT2D eigenvalue weighted by molar-refractivity contribution is 0.668. The molecule has 56 heavy (non-hydrogen) atoms. The van der Waals surface area contributed by atoms with E-state index in [1.807, 2.05) is 12.1 Å². The Labute approximate surface area is 322 Å². The second-order valence-electron chi connectivity index (χ2n) is 14.7. The minimum Gasteiger partial charge on any atom is -0.456 e. The minimum absolute atomic E-state index is 0.894. The molecule has 0 saturated heterocycles. The van der Waals surface area contributed by atoms with Crippen LogP contribution in [0.1, 0.15) is 0 Å². The molecule has 2 nitrogen and oxygen atoms in total. The molecule has 0 spiro atoms. The predicted octanol–water partition coefficient (Wildman–Crippen LogP) is 15.6. The predicted molar refractivity (Wildman–Crippen MR) is 235 cm³/mol. The van der Waals surface area contributed by atoms with E-state index in [0.29, 0.717) is 0 Å². The maximum atomic E-state index is 6.40. The van der Waals surface area contributed by atoms with Gasteiger partial charge >= 0.3 is 0 Å². The number of para-hydroxylation sites is 2. The number of benzene rings is 10. The van der Waals surface area contributed by atoms with Crippen molar-refractivity contribution in [3.8, 4) is 44.5 Å². The number of furan rings is 2. The van der Waals surface area contributed by atoms with E-state index in [1.54, 1.807) is 0 Å². The van der Waals surface area contributed by atoms with Crippen LogP contribution in [0.4, 0.5) is 0 Å². The molecule has 0 N–H and O–H groups in total. The van der Waals surface area contributed by atoms with Gasteiger partial charge in [-0.05, 0) is 119 Å². The van der Waals surface area contributed by atoms with Crippen molar-refractivity contribution >= 4 is 76.2 Å². The lowest BCUT2D eigenvalue weighted by Crippen LogP contribution is -1.91. The Bertz CT molecular complexity index is 3360. The largest absolute Gasteiger partial charge is 0.456 e. The number of fused-ring (bicyclic) bond motifs is 9. The van der Waals surface area contributed by atoms with Gasteiger partial charge in [0.05, 0.1) is 0 Å². The van der Waals surface area contributed by atoms with Gasteiger partial charge in [0, 0.05) is 21.5 Å². The lowest BCUT2D eigenvalue weighted by atomic mass is 9.85. The monoisotopic (exact) mass is 712 g/mol. The summed E-state index contributed by atoms with van der Waals surface area (Å²) in [5.74, 6) is 0. The Morgan fingerprint density at radius 1 is 0.250 bits per heavy atom. The molecule has 2 heteroatoms. The fraction of sp³-hybridized carbons (Fsp3) is 0. The van der Waals surface area contributed by atoms with E-state index < -0.39 is 0 Å². The van der Waals surface area contributed by atoms with E-state index >= 15 is 0 Å². The van der Waals surface area contributed by atoms with Crippen LogP contribution in [0.2, 0.25) is 0 Å². The van der Waals surface area contributed by atoms with E-state index in [4.69, 9.17) is 8.83 Å². The molecule has 0 aliphatic heterocycles.